The van der Waals surface area contributed by atoms with E-state index in [1.165, 1.54) is 11.1 Å². The predicted molar refractivity (Wildman–Crippen MR) is 94.3 cm³/mol. The van der Waals surface area contributed by atoms with Crippen LogP contribution in [-0.4, -0.2) is 43.6 Å². The number of likely N-dealkylation sites (tertiary alicyclic amines) is 1. The van der Waals surface area contributed by atoms with Crippen LogP contribution in [0.5, 0.6) is 5.75 Å². The molecule has 0 radical (unpaired) electrons. The topological polar surface area (TPSA) is 41.6 Å². The van der Waals surface area contributed by atoms with Crippen molar-refractivity contribution in [2.75, 3.05) is 32.8 Å². The SMILES string of the molecule is Cc1ccc(OCCCC(=O)N2C[C@H]3CNC[C@H]3C2)cc1C.Cl. The Hall–Kier alpha value is -1.26. The van der Waals surface area contributed by atoms with Gasteiger partial charge in [0.1, 0.15) is 5.75 Å². The van der Waals surface area contributed by atoms with Crippen molar-refractivity contribution in [1.29, 1.82) is 0 Å². The predicted octanol–water partition coefficient (Wildman–Crippen LogP) is 2.56. The minimum Gasteiger partial charge on any atom is -0.494 e. The first-order chi connectivity index (χ1) is 10.6. The van der Waals surface area contributed by atoms with E-state index in [0.29, 0.717) is 24.9 Å². The molecule has 2 heterocycles. The van der Waals surface area contributed by atoms with Gasteiger partial charge in [-0.25, -0.2) is 0 Å². The molecule has 1 amide bonds. The summed E-state index contributed by atoms with van der Waals surface area (Å²) >= 11 is 0. The summed E-state index contributed by atoms with van der Waals surface area (Å²) in [6.45, 7) is 8.82. The smallest absolute Gasteiger partial charge is 0.222 e. The van der Waals surface area contributed by atoms with Gasteiger partial charge in [-0.05, 0) is 55.4 Å². The van der Waals surface area contributed by atoms with E-state index >= 15 is 0 Å². The summed E-state index contributed by atoms with van der Waals surface area (Å²) in [7, 11) is 0. The number of hydrogen-bond donors (Lipinski definition) is 1. The molecular formula is C18H27ClN2O2. The van der Waals surface area contributed by atoms with Gasteiger partial charge in [0.2, 0.25) is 5.91 Å². The van der Waals surface area contributed by atoms with E-state index in [1.807, 2.05) is 11.0 Å². The molecule has 5 heteroatoms. The summed E-state index contributed by atoms with van der Waals surface area (Å²) in [4.78, 5) is 14.3. The molecule has 23 heavy (non-hydrogen) atoms. The first-order valence-corrected chi connectivity index (χ1v) is 8.32. The number of carbonyl (C=O) groups excluding carboxylic acids is 1. The zero-order valence-corrected chi connectivity index (χ0v) is 14.8. The van der Waals surface area contributed by atoms with Gasteiger partial charge in [0.05, 0.1) is 6.61 Å². The van der Waals surface area contributed by atoms with Crippen LogP contribution in [-0.2, 0) is 4.79 Å². The fourth-order valence-corrected chi connectivity index (χ4v) is 3.43. The van der Waals surface area contributed by atoms with Gasteiger partial charge < -0.3 is 15.0 Å². The normalized spacial score (nSPS) is 22.6. The third-order valence-corrected chi connectivity index (χ3v) is 5.02. The van der Waals surface area contributed by atoms with Crippen LogP contribution < -0.4 is 10.1 Å². The molecule has 3 rings (SSSR count). The molecule has 2 fully saturated rings. The molecule has 128 valence electrons. The maximum absolute atomic E-state index is 12.2. The van der Waals surface area contributed by atoms with E-state index in [2.05, 4.69) is 31.3 Å². The van der Waals surface area contributed by atoms with Crippen molar-refractivity contribution in [3.63, 3.8) is 0 Å². The Morgan fingerprint density at radius 2 is 1.91 bits per heavy atom. The Morgan fingerprint density at radius 1 is 1.22 bits per heavy atom. The van der Waals surface area contributed by atoms with E-state index in [4.69, 9.17) is 4.74 Å². The molecule has 0 bridgehead atoms. The molecule has 0 unspecified atom stereocenters. The third-order valence-electron chi connectivity index (χ3n) is 5.02. The Bertz CT molecular complexity index is 538. The number of nitrogens with one attached hydrogen (secondary N) is 1. The van der Waals surface area contributed by atoms with Gasteiger partial charge in [0.15, 0.2) is 0 Å². The summed E-state index contributed by atoms with van der Waals surface area (Å²) in [6.07, 6.45) is 1.38. The molecule has 1 aromatic carbocycles. The molecule has 0 aliphatic carbocycles. The number of halogens is 1. The lowest BCUT2D eigenvalue weighted by molar-refractivity contribution is -0.130. The highest BCUT2D eigenvalue weighted by molar-refractivity contribution is 5.85. The second kappa shape index (κ2) is 8.02. The Balaban J connectivity index is 0.00000192. The number of amides is 1. The van der Waals surface area contributed by atoms with Gasteiger partial charge in [-0.2, -0.15) is 0 Å². The number of fused-ring (bicyclic) bond motifs is 1. The Morgan fingerprint density at radius 3 is 2.57 bits per heavy atom. The summed E-state index contributed by atoms with van der Waals surface area (Å²) in [5, 5.41) is 3.40. The second-order valence-electron chi connectivity index (χ2n) is 6.68. The highest BCUT2D eigenvalue weighted by Crippen LogP contribution is 2.26. The maximum atomic E-state index is 12.2. The lowest BCUT2D eigenvalue weighted by Crippen LogP contribution is -2.31. The minimum absolute atomic E-state index is 0. The molecule has 1 N–H and O–H groups in total. The fraction of sp³-hybridized carbons (Fsp3) is 0.611. The maximum Gasteiger partial charge on any atom is 0.222 e. The van der Waals surface area contributed by atoms with Crippen molar-refractivity contribution in [1.82, 2.24) is 10.2 Å². The molecule has 2 atom stereocenters. The van der Waals surface area contributed by atoms with Crippen LogP contribution in [0.3, 0.4) is 0 Å². The van der Waals surface area contributed by atoms with E-state index in [-0.39, 0.29) is 18.3 Å². The van der Waals surface area contributed by atoms with Gasteiger partial charge in [-0.1, -0.05) is 6.07 Å². The monoisotopic (exact) mass is 338 g/mol. The molecule has 2 aliphatic heterocycles. The lowest BCUT2D eigenvalue weighted by atomic mass is 10.0. The Labute approximate surface area is 145 Å². The van der Waals surface area contributed by atoms with Crippen LogP contribution in [0.15, 0.2) is 18.2 Å². The zero-order valence-electron chi connectivity index (χ0n) is 14.0. The van der Waals surface area contributed by atoms with Crippen LogP contribution in [0.4, 0.5) is 0 Å². The van der Waals surface area contributed by atoms with Crippen molar-refractivity contribution in [3.05, 3.63) is 29.3 Å². The summed E-state index contributed by atoms with van der Waals surface area (Å²) in [6, 6.07) is 6.14. The van der Waals surface area contributed by atoms with Gasteiger partial charge >= 0.3 is 0 Å². The molecular weight excluding hydrogens is 312 g/mol. The van der Waals surface area contributed by atoms with Crippen LogP contribution in [0.2, 0.25) is 0 Å². The number of carbonyl (C=O) groups is 1. The summed E-state index contributed by atoms with van der Waals surface area (Å²) < 4.78 is 5.75. The molecule has 0 saturated carbocycles. The first-order valence-electron chi connectivity index (χ1n) is 8.32. The standard InChI is InChI=1S/C18H26N2O2.ClH/c1-13-5-6-17(8-14(13)2)22-7-3-4-18(21)20-11-15-9-19-10-16(15)12-20;/h5-6,8,15-16,19H,3-4,7,9-12H2,1-2H3;1H/t15-,16+;. The van der Waals surface area contributed by atoms with Crippen LogP contribution >= 0.6 is 12.4 Å². The van der Waals surface area contributed by atoms with Crippen molar-refractivity contribution < 1.29 is 9.53 Å². The number of rotatable bonds is 5. The van der Waals surface area contributed by atoms with Gasteiger partial charge in [0, 0.05) is 32.6 Å². The molecule has 2 saturated heterocycles. The van der Waals surface area contributed by atoms with Crippen LogP contribution in [0, 0.1) is 25.7 Å². The van der Waals surface area contributed by atoms with Gasteiger partial charge in [-0.3, -0.25) is 4.79 Å². The second-order valence-corrected chi connectivity index (χ2v) is 6.68. The third kappa shape index (κ3) is 4.39. The number of nitrogens with zero attached hydrogens (tertiary/aromatic N) is 1. The average molecular weight is 339 g/mol. The van der Waals surface area contributed by atoms with Crippen LogP contribution in [0.25, 0.3) is 0 Å². The van der Waals surface area contributed by atoms with E-state index in [1.54, 1.807) is 0 Å². The summed E-state index contributed by atoms with van der Waals surface area (Å²) in [5.41, 5.74) is 2.52. The molecule has 4 nitrogen and oxygen atoms in total. The highest BCUT2D eigenvalue weighted by atomic mass is 35.5. The van der Waals surface area contributed by atoms with Crippen molar-refractivity contribution in [2.45, 2.75) is 26.7 Å². The van der Waals surface area contributed by atoms with Gasteiger partial charge in [0.25, 0.3) is 0 Å². The van der Waals surface area contributed by atoms with Crippen molar-refractivity contribution in [3.8, 4) is 5.75 Å². The van der Waals surface area contributed by atoms with Crippen molar-refractivity contribution in [2.24, 2.45) is 11.8 Å². The molecule has 2 aliphatic rings. The van der Waals surface area contributed by atoms with E-state index in [9.17, 15) is 4.79 Å². The van der Waals surface area contributed by atoms with E-state index in [0.717, 1.165) is 38.3 Å². The van der Waals surface area contributed by atoms with Crippen molar-refractivity contribution >= 4 is 18.3 Å². The van der Waals surface area contributed by atoms with E-state index < -0.39 is 0 Å². The van der Waals surface area contributed by atoms with Crippen LogP contribution in [0.1, 0.15) is 24.0 Å². The number of ether oxygens (including phenoxy) is 1. The lowest BCUT2D eigenvalue weighted by Gasteiger charge is -2.17. The highest BCUT2D eigenvalue weighted by Gasteiger charge is 2.37. The van der Waals surface area contributed by atoms with Gasteiger partial charge in [-0.15, -0.1) is 12.4 Å². The molecule has 1 aromatic rings. The Kier molecular flexibility index (Phi) is 6.31. The molecule has 0 aromatic heterocycles. The number of benzene rings is 1. The first kappa shape index (κ1) is 18.1. The zero-order chi connectivity index (χ0) is 15.5. The quantitative estimate of drug-likeness (QED) is 0.839. The number of hydrogen-bond acceptors (Lipinski definition) is 3. The molecule has 0 spiro atoms. The number of aryl methyl sites for hydroxylation is 2. The fourth-order valence-electron chi connectivity index (χ4n) is 3.43. The minimum atomic E-state index is 0. The average Bonchev–Trinajstić information content (AvgIpc) is 3.08. The largest absolute Gasteiger partial charge is 0.494 e. The summed E-state index contributed by atoms with van der Waals surface area (Å²) in [5.74, 6) is 2.54.